The van der Waals surface area contributed by atoms with Gasteiger partial charge in [-0.1, -0.05) is 39.0 Å². The van der Waals surface area contributed by atoms with Gasteiger partial charge in [0.25, 0.3) is 5.91 Å². The maximum Gasteiger partial charge on any atom is 0.294 e. The van der Waals surface area contributed by atoms with Crippen LogP contribution in [0, 0.1) is 5.41 Å². The van der Waals surface area contributed by atoms with E-state index in [1.54, 1.807) is 69.4 Å². The molecule has 3 rings (SSSR count). The molecule has 0 bridgehead atoms. The third-order valence-electron chi connectivity index (χ3n) is 4.45. The van der Waals surface area contributed by atoms with Gasteiger partial charge in [-0.2, -0.15) is 0 Å². The summed E-state index contributed by atoms with van der Waals surface area (Å²) in [7, 11) is 1.50. The van der Waals surface area contributed by atoms with Gasteiger partial charge in [0.2, 0.25) is 0 Å². The molecule has 0 aliphatic carbocycles. The Morgan fingerprint density at radius 2 is 1.81 bits per heavy atom. The van der Waals surface area contributed by atoms with Crippen LogP contribution in [0.3, 0.4) is 0 Å². The van der Waals surface area contributed by atoms with Crippen molar-refractivity contribution in [1.29, 1.82) is 0 Å². The van der Waals surface area contributed by atoms with Crippen molar-refractivity contribution in [3.63, 3.8) is 0 Å². The van der Waals surface area contributed by atoms with Gasteiger partial charge in [0.15, 0.2) is 11.5 Å². The zero-order chi connectivity index (χ0) is 19.8. The van der Waals surface area contributed by atoms with Crippen molar-refractivity contribution < 1.29 is 19.4 Å². The standard InChI is InChI=1S/C21H22N2O4/c1-21(2,3)19(25)16-17(13-9-7-8-12-22-13)23(20(26)18(16)24)14-10-5-6-11-15(14)27-4/h5-12,17,24H,1-4H3. The quantitative estimate of drug-likeness (QED) is 0.894. The SMILES string of the molecule is COc1ccccc1N1C(=O)C(O)=C(C(=O)C(C)(C)C)C1c1ccccn1. The molecule has 6 heteroatoms. The van der Waals surface area contributed by atoms with E-state index in [-0.39, 0.29) is 11.4 Å². The van der Waals surface area contributed by atoms with E-state index in [0.29, 0.717) is 17.1 Å². The Kier molecular flexibility index (Phi) is 4.74. The minimum Gasteiger partial charge on any atom is -0.503 e. The Balaban J connectivity index is 2.23. The number of nitrogens with zero attached hydrogens (tertiary/aromatic N) is 2. The maximum absolute atomic E-state index is 13.1. The smallest absolute Gasteiger partial charge is 0.294 e. The minimum absolute atomic E-state index is 0.0529. The number of aromatic nitrogens is 1. The lowest BCUT2D eigenvalue weighted by atomic mass is 9.83. The number of benzene rings is 1. The summed E-state index contributed by atoms with van der Waals surface area (Å²) >= 11 is 0. The van der Waals surface area contributed by atoms with E-state index < -0.39 is 23.1 Å². The monoisotopic (exact) mass is 366 g/mol. The van der Waals surface area contributed by atoms with Gasteiger partial charge in [-0.15, -0.1) is 0 Å². The van der Waals surface area contributed by atoms with Crippen LogP contribution in [0.4, 0.5) is 5.69 Å². The first kappa shape index (κ1) is 18.6. The van der Waals surface area contributed by atoms with Crippen molar-refractivity contribution in [3.05, 3.63) is 65.7 Å². The third-order valence-corrected chi connectivity index (χ3v) is 4.45. The number of hydrogen-bond donors (Lipinski definition) is 1. The highest BCUT2D eigenvalue weighted by Gasteiger charge is 2.47. The lowest BCUT2D eigenvalue weighted by Crippen LogP contribution is -2.33. The van der Waals surface area contributed by atoms with E-state index in [4.69, 9.17) is 4.74 Å². The maximum atomic E-state index is 13.1. The number of carbonyl (C=O) groups excluding carboxylic acids is 2. The van der Waals surface area contributed by atoms with Gasteiger partial charge in [-0.05, 0) is 24.3 Å². The number of anilines is 1. The van der Waals surface area contributed by atoms with Crippen LogP contribution in [-0.2, 0) is 9.59 Å². The lowest BCUT2D eigenvalue weighted by molar-refractivity contribution is -0.123. The summed E-state index contributed by atoms with van der Waals surface area (Å²) in [5.74, 6) is -1.04. The van der Waals surface area contributed by atoms with Gasteiger partial charge in [-0.25, -0.2) is 0 Å². The van der Waals surface area contributed by atoms with Crippen LogP contribution in [0.5, 0.6) is 5.75 Å². The van der Waals surface area contributed by atoms with Gasteiger partial charge < -0.3 is 9.84 Å². The molecule has 140 valence electrons. The molecule has 0 radical (unpaired) electrons. The first-order chi connectivity index (χ1) is 12.8. The Bertz CT molecular complexity index is 913. The number of amides is 1. The van der Waals surface area contributed by atoms with E-state index in [2.05, 4.69) is 4.98 Å². The van der Waals surface area contributed by atoms with E-state index in [1.165, 1.54) is 12.0 Å². The van der Waals surface area contributed by atoms with E-state index in [9.17, 15) is 14.7 Å². The highest BCUT2D eigenvalue weighted by Crippen LogP contribution is 2.45. The van der Waals surface area contributed by atoms with Crippen LogP contribution in [0.1, 0.15) is 32.5 Å². The zero-order valence-corrected chi connectivity index (χ0v) is 15.8. The first-order valence-electron chi connectivity index (χ1n) is 8.62. The van der Waals surface area contributed by atoms with Crippen LogP contribution >= 0.6 is 0 Å². The van der Waals surface area contributed by atoms with E-state index in [0.717, 1.165) is 0 Å². The van der Waals surface area contributed by atoms with Crippen LogP contribution in [0.25, 0.3) is 0 Å². The minimum atomic E-state index is -0.832. The van der Waals surface area contributed by atoms with Gasteiger partial charge in [-0.3, -0.25) is 19.5 Å². The van der Waals surface area contributed by atoms with Crippen molar-refractivity contribution in [3.8, 4) is 5.75 Å². The van der Waals surface area contributed by atoms with E-state index in [1.807, 2.05) is 0 Å². The first-order valence-corrected chi connectivity index (χ1v) is 8.62. The molecule has 6 nitrogen and oxygen atoms in total. The molecule has 0 saturated heterocycles. The number of rotatable bonds is 4. The Morgan fingerprint density at radius 3 is 2.41 bits per heavy atom. The summed E-state index contributed by atoms with van der Waals surface area (Å²) in [5.41, 5.74) is 0.238. The average Bonchev–Trinajstić information content (AvgIpc) is 2.92. The molecule has 1 aromatic carbocycles. The van der Waals surface area contributed by atoms with E-state index >= 15 is 0 Å². The largest absolute Gasteiger partial charge is 0.503 e. The molecule has 2 heterocycles. The molecule has 1 aliphatic heterocycles. The summed E-state index contributed by atoms with van der Waals surface area (Å²) in [4.78, 5) is 31.8. The topological polar surface area (TPSA) is 79.7 Å². The molecule has 1 amide bonds. The fourth-order valence-corrected chi connectivity index (χ4v) is 3.14. The second kappa shape index (κ2) is 6.87. The number of carbonyl (C=O) groups is 2. The fourth-order valence-electron chi connectivity index (χ4n) is 3.14. The van der Waals surface area contributed by atoms with Crippen molar-refractivity contribution >= 4 is 17.4 Å². The molecule has 1 N–H and O–H groups in total. The van der Waals surface area contributed by atoms with Crippen LogP contribution < -0.4 is 9.64 Å². The second-order valence-electron chi connectivity index (χ2n) is 7.35. The van der Waals surface area contributed by atoms with Gasteiger partial charge >= 0.3 is 0 Å². The molecule has 2 aromatic rings. The van der Waals surface area contributed by atoms with Crippen LogP contribution in [-0.4, -0.2) is 28.9 Å². The van der Waals surface area contributed by atoms with Crippen LogP contribution in [0.2, 0.25) is 0 Å². The summed E-state index contributed by atoms with van der Waals surface area (Å²) in [6.07, 6.45) is 1.59. The number of ketones is 1. The number of Topliss-reactive ketones (excluding diaryl/α,β-unsaturated/α-hetero) is 1. The number of pyridine rings is 1. The van der Waals surface area contributed by atoms with Crippen molar-refractivity contribution in [2.45, 2.75) is 26.8 Å². The second-order valence-corrected chi connectivity index (χ2v) is 7.35. The molecule has 1 aliphatic rings. The molecule has 1 aromatic heterocycles. The normalized spacial score (nSPS) is 17.4. The Hall–Kier alpha value is -3.15. The number of para-hydroxylation sites is 2. The number of aliphatic hydroxyl groups excluding tert-OH is 1. The molecule has 1 unspecified atom stereocenters. The number of ether oxygens (including phenoxy) is 1. The summed E-state index contributed by atoms with van der Waals surface area (Å²) < 4.78 is 5.39. The highest BCUT2D eigenvalue weighted by atomic mass is 16.5. The number of methoxy groups -OCH3 is 1. The van der Waals surface area contributed by atoms with Gasteiger partial charge in [0.05, 0.1) is 24.1 Å². The number of aliphatic hydroxyl groups is 1. The van der Waals surface area contributed by atoms with Crippen molar-refractivity contribution in [2.75, 3.05) is 12.0 Å². The zero-order valence-electron chi connectivity index (χ0n) is 15.8. The fraction of sp³-hybridized carbons (Fsp3) is 0.286. The lowest BCUT2D eigenvalue weighted by Gasteiger charge is -2.29. The molecule has 27 heavy (non-hydrogen) atoms. The van der Waals surface area contributed by atoms with Crippen molar-refractivity contribution in [2.24, 2.45) is 5.41 Å². The summed E-state index contributed by atoms with van der Waals surface area (Å²) in [6.45, 7) is 5.25. The van der Waals surface area contributed by atoms with Crippen LogP contribution in [0.15, 0.2) is 60.0 Å². The molecule has 0 fully saturated rings. The number of hydrogen-bond acceptors (Lipinski definition) is 5. The van der Waals surface area contributed by atoms with Gasteiger partial charge in [0, 0.05) is 11.6 Å². The molecule has 1 atom stereocenters. The van der Waals surface area contributed by atoms with Crippen molar-refractivity contribution in [1.82, 2.24) is 4.98 Å². The Labute approximate surface area is 158 Å². The molecule has 0 saturated carbocycles. The molecule has 0 spiro atoms. The summed E-state index contributed by atoms with van der Waals surface area (Å²) in [6, 6.07) is 11.4. The third kappa shape index (κ3) is 3.18. The predicted molar refractivity (Wildman–Crippen MR) is 102 cm³/mol. The highest BCUT2D eigenvalue weighted by molar-refractivity contribution is 6.17. The predicted octanol–water partition coefficient (Wildman–Crippen LogP) is 3.61. The molecular weight excluding hydrogens is 344 g/mol. The molecular formula is C21H22N2O4. The Morgan fingerprint density at radius 1 is 1.15 bits per heavy atom. The summed E-state index contributed by atoms with van der Waals surface area (Å²) in [5, 5.41) is 10.6. The average molecular weight is 366 g/mol. The van der Waals surface area contributed by atoms with Gasteiger partial charge in [0.1, 0.15) is 11.8 Å².